The predicted octanol–water partition coefficient (Wildman–Crippen LogP) is 6.36. The molecule has 1 aromatic heterocycles. The first-order chi connectivity index (χ1) is 9.27. The van der Waals surface area contributed by atoms with Crippen LogP contribution in [0.2, 0.25) is 5.02 Å². The summed E-state index contributed by atoms with van der Waals surface area (Å²) in [6.45, 7) is 1.87. The van der Waals surface area contributed by atoms with Crippen molar-refractivity contribution in [2.75, 3.05) is 5.32 Å². The third-order valence-electron chi connectivity index (χ3n) is 2.68. The standard InChI is InChI=1S/C13H10BrClF3NS/c1-7(12-5-9(14)6-20-12)19-11-4-8(13(16,17)18)2-3-10(11)15/h2-7,19H,1H3. The monoisotopic (exact) mass is 383 g/mol. The third kappa shape index (κ3) is 3.68. The van der Waals surface area contributed by atoms with Gasteiger partial charge in [-0.05, 0) is 47.1 Å². The predicted molar refractivity (Wildman–Crippen MR) is 80.5 cm³/mol. The first-order valence-electron chi connectivity index (χ1n) is 5.64. The molecule has 1 N–H and O–H groups in total. The van der Waals surface area contributed by atoms with Crippen LogP contribution < -0.4 is 5.32 Å². The van der Waals surface area contributed by atoms with E-state index in [4.69, 9.17) is 11.6 Å². The molecular weight excluding hydrogens is 375 g/mol. The molecular formula is C13H10BrClF3NS. The second-order valence-electron chi connectivity index (χ2n) is 4.23. The zero-order valence-electron chi connectivity index (χ0n) is 10.3. The Bertz CT molecular complexity index is 612. The molecule has 0 aliphatic carbocycles. The quantitative estimate of drug-likeness (QED) is 0.649. The largest absolute Gasteiger partial charge is 0.416 e. The Kier molecular flexibility index (Phi) is 4.66. The summed E-state index contributed by atoms with van der Waals surface area (Å²) in [4.78, 5) is 1.00. The second-order valence-corrected chi connectivity index (χ2v) is 6.49. The number of nitrogens with one attached hydrogen (secondary N) is 1. The lowest BCUT2D eigenvalue weighted by molar-refractivity contribution is -0.137. The van der Waals surface area contributed by atoms with Gasteiger partial charge in [0.25, 0.3) is 0 Å². The molecule has 1 unspecified atom stereocenters. The maximum Gasteiger partial charge on any atom is 0.416 e. The van der Waals surface area contributed by atoms with Crippen LogP contribution in [0.4, 0.5) is 18.9 Å². The van der Waals surface area contributed by atoms with Crippen LogP contribution in [0.5, 0.6) is 0 Å². The van der Waals surface area contributed by atoms with Crippen molar-refractivity contribution in [1.29, 1.82) is 0 Å². The van der Waals surface area contributed by atoms with Gasteiger partial charge in [0, 0.05) is 14.7 Å². The summed E-state index contributed by atoms with van der Waals surface area (Å²) in [5.41, 5.74) is -0.442. The van der Waals surface area contributed by atoms with Gasteiger partial charge in [-0.15, -0.1) is 11.3 Å². The van der Waals surface area contributed by atoms with E-state index < -0.39 is 11.7 Å². The Morgan fingerprint density at radius 2 is 2.00 bits per heavy atom. The maximum atomic E-state index is 12.7. The molecule has 20 heavy (non-hydrogen) atoms. The molecule has 0 saturated carbocycles. The van der Waals surface area contributed by atoms with Crippen molar-refractivity contribution in [3.8, 4) is 0 Å². The Morgan fingerprint density at radius 1 is 1.30 bits per heavy atom. The number of rotatable bonds is 3. The summed E-state index contributed by atoms with van der Waals surface area (Å²) in [6.07, 6.45) is -4.38. The van der Waals surface area contributed by atoms with Crippen LogP contribution in [0.3, 0.4) is 0 Å². The highest BCUT2D eigenvalue weighted by Crippen LogP contribution is 2.36. The van der Waals surface area contributed by atoms with Crippen LogP contribution in [0.15, 0.2) is 34.1 Å². The van der Waals surface area contributed by atoms with Crippen LogP contribution in [-0.2, 0) is 6.18 Å². The van der Waals surface area contributed by atoms with Gasteiger partial charge in [-0.1, -0.05) is 11.6 Å². The first kappa shape index (κ1) is 15.7. The Balaban J connectivity index is 2.24. The van der Waals surface area contributed by atoms with Gasteiger partial charge >= 0.3 is 6.18 Å². The smallest absolute Gasteiger partial charge is 0.376 e. The van der Waals surface area contributed by atoms with Gasteiger partial charge in [-0.25, -0.2) is 0 Å². The normalized spacial score (nSPS) is 13.3. The minimum Gasteiger partial charge on any atom is -0.376 e. The van der Waals surface area contributed by atoms with Crippen molar-refractivity contribution in [3.63, 3.8) is 0 Å². The van der Waals surface area contributed by atoms with Crippen molar-refractivity contribution in [2.45, 2.75) is 19.1 Å². The van der Waals surface area contributed by atoms with E-state index in [1.165, 1.54) is 17.4 Å². The number of anilines is 1. The molecule has 0 spiro atoms. The maximum absolute atomic E-state index is 12.7. The van der Waals surface area contributed by atoms with Crippen molar-refractivity contribution in [1.82, 2.24) is 0 Å². The van der Waals surface area contributed by atoms with Gasteiger partial charge in [0.05, 0.1) is 22.3 Å². The zero-order valence-corrected chi connectivity index (χ0v) is 13.4. The fourth-order valence-corrected chi connectivity index (χ4v) is 3.30. The number of halogens is 5. The first-order valence-corrected chi connectivity index (χ1v) is 7.69. The molecule has 0 bridgehead atoms. The van der Waals surface area contributed by atoms with Crippen LogP contribution in [0.1, 0.15) is 23.4 Å². The highest BCUT2D eigenvalue weighted by atomic mass is 79.9. The average molecular weight is 385 g/mol. The minimum atomic E-state index is -4.38. The molecule has 0 fully saturated rings. The van der Waals surface area contributed by atoms with Gasteiger partial charge in [0.2, 0.25) is 0 Å². The van der Waals surface area contributed by atoms with E-state index >= 15 is 0 Å². The molecule has 1 aromatic carbocycles. The van der Waals surface area contributed by atoms with E-state index in [1.807, 2.05) is 18.4 Å². The number of hydrogen-bond acceptors (Lipinski definition) is 2. The van der Waals surface area contributed by atoms with Crippen LogP contribution in [0.25, 0.3) is 0 Å². The molecule has 1 heterocycles. The van der Waals surface area contributed by atoms with Gasteiger partial charge in [-0.3, -0.25) is 0 Å². The molecule has 7 heteroatoms. The molecule has 0 amide bonds. The lowest BCUT2D eigenvalue weighted by Crippen LogP contribution is -2.09. The molecule has 2 rings (SSSR count). The van der Waals surface area contributed by atoms with E-state index in [0.29, 0.717) is 0 Å². The van der Waals surface area contributed by atoms with Crippen molar-refractivity contribution in [2.24, 2.45) is 0 Å². The minimum absolute atomic E-state index is 0.132. The summed E-state index contributed by atoms with van der Waals surface area (Å²) in [7, 11) is 0. The van der Waals surface area contributed by atoms with Gasteiger partial charge in [-0.2, -0.15) is 13.2 Å². The van der Waals surface area contributed by atoms with Crippen LogP contribution in [0, 0.1) is 0 Å². The van der Waals surface area contributed by atoms with Crippen molar-refractivity contribution < 1.29 is 13.2 Å². The molecule has 0 aliphatic heterocycles. The second kappa shape index (κ2) is 5.95. The topological polar surface area (TPSA) is 12.0 Å². The number of hydrogen-bond donors (Lipinski definition) is 1. The number of benzene rings is 1. The summed E-state index contributed by atoms with van der Waals surface area (Å²) >= 11 is 10.8. The van der Waals surface area contributed by atoms with Crippen LogP contribution >= 0.6 is 38.9 Å². The fraction of sp³-hybridized carbons (Fsp3) is 0.231. The molecule has 0 saturated heterocycles. The van der Waals surface area contributed by atoms with E-state index in [-0.39, 0.29) is 16.8 Å². The summed E-state index contributed by atoms with van der Waals surface area (Å²) in [5.74, 6) is 0. The average Bonchev–Trinajstić information content (AvgIpc) is 2.77. The Hall–Kier alpha value is -0.720. The molecule has 108 valence electrons. The molecule has 2 aromatic rings. The Labute approximate surface area is 131 Å². The molecule has 1 nitrogen and oxygen atoms in total. The van der Waals surface area contributed by atoms with Gasteiger partial charge < -0.3 is 5.32 Å². The van der Waals surface area contributed by atoms with Crippen LogP contribution in [-0.4, -0.2) is 0 Å². The fourth-order valence-electron chi connectivity index (χ4n) is 1.67. The zero-order chi connectivity index (χ0) is 14.9. The SMILES string of the molecule is CC(Nc1cc(C(F)(F)F)ccc1Cl)c1cc(Br)cs1. The Morgan fingerprint density at radius 3 is 2.55 bits per heavy atom. The van der Waals surface area contributed by atoms with Crippen molar-refractivity contribution >= 4 is 44.6 Å². The summed E-state index contributed by atoms with van der Waals surface area (Å²) in [6, 6.07) is 5.04. The third-order valence-corrected chi connectivity index (χ3v) is 4.89. The van der Waals surface area contributed by atoms with E-state index in [2.05, 4.69) is 21.2 Å². The highest BCUT2D eigenvalue weighted by Gasteiger charge is 2.31. The molecule has 0 radical (unpaired) electrons. The number of thiophene rings is 1. The molecule has 1 atom stereocenters. The lowest BCUT2D eigenvalue weighted by atomic mass is 10.1. The van der Waals surface area contributed by atoms with Crippen molar-refractivity contribution in [3.05, 3.63) is 49.6 Å². The summed E-state index contributed by atoms with van der Waals surface area (Å²) < 4.78 is 39.0. The molecule has 0 aliphatic rings. The van der Waals surface area contributed by atoms with Gasteiger partial charge in [0.15, 0.2) is 0 Å². The number of alkyl halides is 3. The highest BCUT2D eigenvalue weighted by molar-refractivity contribution is 9.10. The lowest BCUT2D eigenvalue weighted by Gasteiger charge is -2.16. The van der Waals surface area contributed by atoms with E-state index in [0.717, 1.165) is 21.5 Å². The van der Waals surface area contributed by atoms with Gasteiger partial charge in [0.1, 0.15) is 0 Å². The van der Waals surface area contributed by atoms with E-state index in [1.54, 1.807) is 0 Å². The summed E-state index contributed by atoms with van der Waals surface area (Å²) in [5, 5.41) is 5.19. The van der Waals surface area contributed by atoms with E-state index in [9.17, 15) is 13.2 Å².